The number of aromatic nitrogens is 1. The van der Waals surface area contributed by atoms with Crippen molar-refractivity contribution in [2.45, 2.75) is 26.7 Å². The Morgan fingerprint density at radius 2 is 2.05 bits per heavy atom. The van der Waals surface area contributed by atoms with E-state index >= 15 is 0 Å². The highest BCUT2D eigenvalue weighted by atomic mass is 32.2. The smallest absolute Gasteiger partial charge is 0.213 e. The van der Waals surface area contributed by atoms with Gasteiger partial charge in [0, 0.05) is 18.8 Å². The van der Waals surface area contributed by atoms with Gasteiger partial charge in [-0.05, 0) is 50.8 Å². The van der Waals surface area contributed by atoms with E-state index in [-0.39, 0.29) is 5.75 Å². The van der Waals surface area contributed by atoms with Gasteiger partial charge < -0.3 is 0 Å². The second-order valence-electron chi connectivity index (χ2n) is 5.04. The molecule has 0 bridgehead atoms. The van der Waals surface area contributed by atoms with Gasteiger partial charge in [0.25, 0.3) is 0 Å². The van der Waals surface area contributed by atoms with Gasteiger partial charge in [-0.1, -0.05) is 17.6 Å². The SMILES string of the molecule is CCS(=O)(=O)N1CCC(=CC#Cc2cccc(C)n2)CC1. The van der Waals surface area contributed by atoms with E-state index in [9.17, 15) is 8.42 Å². The van der Waals surface area contributed by atoms with Gasteiger partial charge in [-0.2, -0.15) is 0 Å². The predicted octanol–water partition coefficient (Wildman–Crippen LogP) is 2.11. The molecule has 0 amide bonds. The number of allylic oxidation sites excluding steroid dienone is 1. The van der Waals surface area contributed by atoms with Gasteiger partial charge in [-0.3, -0.25) is 0 Å². The lowest BCUT2D eigenvalue weighted by atomic mass is 10.1. The number of hydrogen-bond donors (Lipinski definition) is 0. The fraction of sp³-hybridized carbons (Fsp3) is 0.438. The molecule has 0 N–H and O–H groups in total. The van der Waals surface area contributed by atoms with Crippen LogP contribution in [-0.2, 0) is 10.0 Å². The lowest BCUT2D eigenvalue weighted by Gasteiger charge is -2.26. The van der Waals surface area contributed by atoms with Crippen molar-refractivity contribution in [1.82, 2.24) is 9.29 Å². The first-order valence-corrected chi connectivity index (χ1v) is 8.73. The van der Waals surface area contributed by atoms with E-state index < -0.39 is 10.0 Å². The average Bonchev–Trinajstić information content (AvgIpc) is 2.48. The molecular formula is C16H20N2O2S. The summed E-state index contributed by atoms with van der Waals surface area (Å²) in [5.41, 5.74) is 2.92. The van der Waals surface area contributed by atoms with Gasteiger partial charge in [0.15, 0.2) is 0 Å². The minimum atomic E-state index is -3.05. The number of piperidine rings is 1. The zero-order valence-electron chi connectivity index (χ0n) is 12.5. The first-order chi connectivity index (χ1) is 10.0. The summed E-state index contributed by atoms with van der Waals surface area (Å²) in [7, 11) is -3.05. The van der Waals surface area contributed by atoms with Crippen LogP contribution in [0.5, 0.6) is 0 Å². The van der Waals surface area contributed by atoms with Crippen LogP contribution in [0.25, 0.3) is 0 Å². The first-order valence-electron chi connectivity index (χ1n) is 7.12. The molecule has 0 aliphatic carbocycles. The summed E-state index contributed by atoms with van der Waals surface area (Å²) in [5.74, 6) is 6.21. The van der Waals surface area contributed by atoms with E-state index in [1.165, 1.54) is 5.57 Å². The maximum absolute atomic E-state index is 11.8. The minimum absolute atomic E-state index is 0.172. The second-order valence-corrected chi connectivity index (χ2v) is 7.29. The highest BCUT2D eigenvalue weighted by Gasteiger charge is 2.23. The van der Waals surface area contributed by atoms with Crippen LogP contribution in [0.15, 0.2) is 29.8 Å². The molecule has 2 rings (SSSR count). The summed E-state index contributed by atoms with van der Waals surface area (Å²) >= 11 is 0. The predicted molar refractivity (Wildman–Crippen MR) is 84.2 cm³/mol. The maximum atomic E-state index is 11.8. The van der Waals surface area contributed by atoms with Crippen molar-refractivity contribution < 1.29 is 8.42 Å². The number of nitrogens with zero attached hydrogens (tertiary/aromatic N) is 2. The summed E-state index contributed by atoms with van der Waals surface area (Å²) in [6, 6.07) is 5.76. The Hall–Kier alpha value is -1.64. The third-order valence-electron chi connectivity index (χ3n) is 3.49. The average molecular weight is 304 g/mol. The third kappa shape index (κ3) is 4.42. The topological polar surface area (TPSA) is 50.3 Å². The summed E-state index contributed by atoms with van der Waals surface area (Å²) in [6.07, 6.45) is 3.42. The van der Waals surface area contributed by atoms with Gasteiger partial charge in [-0.25, -0.2) is 17.7 Å². The molecule has 5 heteroatoms. The van der Waals surface area contributed by atoms with E-state index in [1.807, 2.05) is 31.2 Å². The molecule has 1 aromatic heterocycles. The van der Waals surface area contributed by atoms with Crippen LogP contribution >= 0.6 is 0 Å². The van der Waals surface area contributed by atoms with Gasteiger partial charge in [0.2, 0.25) is 10.0 Å². The van der Waals surface area contributed by atoms with Crippen molar-refractivity contribution in [1.29, 1.82) is 0 Å². The molecule has 21 heavy (non-hydrogen) atoms. The van der Waals surface area contributed by atoms with E-state index in [0.29, 0.717) is 13.1 Å². The van der Waals surface area contributed by atoms with Crippen molar-refractivity contribution in [3.8, 4) is 11.8 Å². The molecule has 1 aliphatic rings. The zero-order chi connectivity index (χ0) is 15.3. The molecule has 0 unspecified atom stereocenters. The molecule has 0 atom stereocenters. The Balaban J connectivity index is 1.97. The first kappa shape index (κ1) is 15.7. The van der Waals surface area contributed by atoms with Crippen LogP contribution in [0.4, 0.5) is 0 Å². The quantitative estimate of drug-likeness (QED) is 0.786. The van der Waals surface area contributed by atoms with Crippen LogP contribution in [0.1, 0.15) is 31.2 Å². The lowest BCUT2D eigenvalue weighted by Crippen LogP contribution is -2.37. The molecule has 0 spiro atoms. The Morgan fingerprint density at radius 3 is 2.67 bits per heavy atom. The molecule has 1 fully saturated rings. The number of hydrogen-bond acceptors (Lipinski definition) is 3. The molecule has 1 saturated heterocycles. The number of rotatable bonds is 2. The van der Waals surface area contributed by atoms with E-state index in [4.69, 9.17) is 0 Å². The Morgan fingerprint density at radius 1 is 1.33 bits per heavy atom. The van der Waals surface area contributed by atoms with Crippen LogP contribution in [0.2, 0.25) is 0 Å². The minimum Gasteiger partial charge on any atom is -0.245 e. The second kappa shape index (κ2) is 6.88. The van der Waals surface area contributed by atoms with Crippen molar-refractivity contribution >= 4 is 10.0 Å². The summed E-state index contributed by atoms with van der Waals surface area (Å²) < 4.78 is 25.1. The normalized spacial score (nSPS) is 16.2. The van der Waals surface area contributed by atoms with E-state index in [1.54, 1.807) is 11.2 Å². The lowest BCUT2D eigenvalue weighted by molar-refractivity contribution is 0.387. The molecule has 4 nitrogen and oxygen atoms in total. The summed E-state index contributed by atoms with van der Waals surface area (Å²) in [5, 5.41) is 0. The summed E-state index contributed by atoms with van der Waals surface area (Å²) in [6.45, 7) is 4.74. The molecule has 0 aromatic carbocycles. The molecule has 2 heterocycles. The summed E-state index contributed by atoms with van der Waals surface area (Å²) in [4.78, 5) is 4.32. The monoisotopic (exact) mass is 304 g/mol. The van der Waals surface area contributed by atoms with Crippen molar-refractivity contribution in [2.75, 3.05) is 18.8 Å². The Labute approximate surface area is 126 Å². The van der Waals surface area contributed by atoms with E-state index in [2.05, 4.69) is 16.8 Å². The molecule has 1 aromatic rings. The van der Waals surface area contributed by atoms with Gasteiger partial charge in [-0.15, -0.1) is 0 Å². The Bertz CT molecular complexity index is 686. The van der Waals surface area contributed by atoms with Crippen molar-refractivity contribution in [3.63, 3.8) is 0 Å². The number of sulfonamides is 1. The highest BCUT2D eigenvalue weighted by Crippen LogP contribution is 2.18. The van der Waals surface area contributed by atoms with E-state index in [0.717, 1.165) is 24.2 Å². The standard InChI is InChI=1S/C16H20N2O2S/c1-3-21(19,20)18-12-10-15(11-13-18)7-5-9-16-8-4-6-14(2)17-16/h4,6-8H,3,10-13H2,1-2H3. The van der Waals surface area contributed by atoms with Crippen LogP contribution < -0.4 is 0 Å². The van der Waals surface area contributed by atoms with Crippen LogP contribution in [-0.4, -0.2) is 36.5 Å². The molecule has 1 aliphatic heterocycles. The van der Waals surface area contributed by atoms with Crippen LogP contribution in [0.3, 0.4) is 0 Å². The largest absolute Gasteiger partial charge is 0.245 e. The zero-order valence-corrected chi connectivity index (χ0v) is 13.3. The third-order valence-corrected chi connectivity index (χ3v) is 5.37. The van der Waals surface area contributed by atoms with Gasteiger partial charge in [0.05, 0.1) is 5.75 Å². The van der Waals surface area contributed by atoms with Gasteiger partial charge in [0.1, 0.15) is 5.69 Å². The van der Waals surface area contributed by atoms with Crippen LogP contribution in [0, 0.1) is 18.8 Å². The van der Waals surface area contributed by atoms with Gasteiger partial charge >= 0.3 is 0 Å². The number of pyridine rings is 1. The molecule has 0 saturated carbocycles. The fourth-order valence-corrected chi connectivity index (χ4v) is 3.31. The Kier molecular flexibility index (Phi) is 5.16. The van der Waals surface area contributed by atoms with Crippen molar-refractivity contribution in [2.24, 2.45) is 0 Å². The molecule has 112 valence electrons. The molecule has 0 radical (unpaired) electrons. The number of aryl methyl sites for hydroxylation is 1. The molecular weight excluding hydrogens is 284 g/mol. The highest BCUT2D eigenvalue weighted by molar-refractivity contribution is 7.89. The maximum Gasteiger partial charge on any atom is 0.213 e. The fourth-order valence-electron chi connectivity index (χ4n) is 2.20. The van der Waals surface area contributed by atoms with Crippen molar-refractivity contribution in [3.05, 3.63) is 41.2 Å².